The van der Waals surface area contributed by atoms with Crippen LogP contribution in [0.25, 0.3) is 5.95 Å². The first-order chi connectivity index (χ1) is 10.1. The van der Waals surface area contributed by atoms with Crippen molar-refractivity contribution in [1.29, 1.82) is 0 Å². The summed E-state index contributed by atoms with van der Waals surface area (Å²) in [6, 6.07) is 9.84. The molecule has 0 bridgehead atoms. The van der Waals surface area contributed by atoms with Crippen LogP contribution in [0.15, 0.2) is 42.7 Å². The molecule has 0 fully saturated rings. The van der Waals surface area contributed by atoms with Crippen LogP contribution in [0.1, 0.15) is 5.56 Å². The number of aromatic nitrogens is 5. The van der Waals surface area contributed by atoms with Gasteiger partial charge in [-0.05, 0) is 42.3 Å². The smallest absolute Gasteiger partial charge is 0.256 e. The van der Waals surface area contributed by atoms with Gasteiger partial charge in [-0.25, -0.2) is 4.68 Å². The number of hydrogen-bond acceptors (Lipinski definition) is 5. The molecule has 2 heterocycles. The van der Waals surface area contributed by atoms with Crippen LogP contribution >= 0.6 is 11.6 Å². The van der Waals surface area contributed by atoms with Gasteiger partial charge in [0, 0.05) is 25.1 Å². The van der Waals surface area contributed by atoms with Crippen LogP contribution in [0.5, 0.6) is 0 Å². The average Bonchev–Trinajstić information content (AvgIpc) is 3.00. The van der Waals surface area contributed by atoms with Crippen molar-refractivity contribution in [1.82, 2.24) is 24.7 Å². The molecule has 0 saturated heterocycles. The van der Waals surface area contributed by atoms with Gasteiger partial charge in [-0.2, -0.15) is 20.1 Å². The Bertz CT molecular complexity index is 756. The lowest BCUT2D eigenvalue weighted by Gasteiger charge is -2.18. The van der Waals surface area contributed by atoms with Gasteiger partial charge in [-0.3, -0.25) is 0 Å². The average molecular weight is 301 g/mol. The Morgan fingerprint density at radius 1 is 1.14 bits per heavy atom. The van der Waals surface area contributed by atoms with Crippen LogP contribution in [0.4, 0.5) is 11.6 Å². The molecular weight excluding hydrogens is 288 g/mol. The van der Waals surface area contributed by atoms with Crippen molar-refractivity contribution in [2.45, 2.75) is 6.92 Å². The highest BCUT2D eigenvalue weighted by Crippen LogP contribution is 2.22. The summed E-state index contributed by atoms with van der Waals surface area (Å²) >= 11 is 6.00. The number of halogens is 1. The predicted octanol–water partition coefficient (Wildman–Crippen LogP) is 2.79. The van der Waals surface area contributed by atoms with Gasteiger partial charge < -0.3 is 4.90 Å². The summed E-state index contributed by atoms with van der Waals surface area (Å²) in [6.07, 6.45) is 3.41. The van der Waals surface area contributed by atoms with Crippen LogP contribution in [-0.2, 0) is 0 Å². The van der Waals surface area contributed by atoms with Crippen molar-refractivity contribution in [2.75, 3.05) is 11.9 Å². The Balaban J connectivity index is 2.02. The largest absolute Gasteiger partial charge is 0.313 e. The lowest BCUT2D eigenvalue weighted by Crippen LogP contribution is -2.16. The Hall–Kier alpha value is -2.47. The third kappa shape index (κ3) is 2.85. The summed E-state index contributed by atoms with van der Waals surface area (Å²) in [6.45, 7) is 2.03. The molecule has 2 aromatic heterocycles. The van der Waals surface area contributed by atoms with Gasteiger partial charge in [0.2, 0.25) is 11.2 Å². The van der Waals surface area contributed by atoms with E-state index in [4.69, 9.17) is 11.6 Å². The van der Waals surface area contributed by atoms with Gasteiger partial charge in [0.1, 0.15) is 0 Å². The zero-order valence-corrected chi connectivity index (χ0v) is 12.4. The lowest BCUT2D eigenvalue weighted by atomic mass is 10.2. The second kappa shape index (κ2) is 5.49. The van der Waals surface area contributed by atoms with Crippen LogP contribution in [0.3, 0.4) is 0 Å². The molecule has 0 spiro atoms. The summed E-state index contributed by atoms with van der Waals surface area (Å²) in [5.74, 6) is 0.848. The second-order valence-electron chi connectivity index (χ2n) is 4.55. The molecule has 0 N–H and O–H groups in total. The van der Waals surface area contributed by atoms with E-state index in [1.54, 1.807) is 23.1 Å². The van der Waals surface area contributed by atoms with Gasteiger partial charge in [0.25, 0.3) is 5.95 Å². The molecule has 0 saturated carbocycles. The summed E-state index contributed by atoms with van der Waals surface area (Å²) in [7, 11) is 1.88. The number of benzene rings is 1. The Morgan fingerprint density at radius 2 is 2.00 bits per heavy atom. The quantitative estimate of drug-likeness (QED) is 0.744. The molecular formula is C14H13ClN6. The molecule has 3 aromatic rings. The first-order valence-corrected chi connectivity index (χ1v) is 6.73. The summed E-state index contributed by atoms with van der Waals surface area (Å²) < 4.78 is 1.54. The van der Waals surface area contributed by atoms with E-state index in [2.05, 4.69) is 20.1 Å². The maximum Gasteiger partial charge on any atom is 0.256 e. The number of nitrogens with zero attached hydrogens (tertiary/aromatic N) is 6. The van der Waals surface area contributed by atoms with Gasteiger partial charge in [-0.15, -0.1) is 0 Å². The highest BCUT2D eigenvalue weighted by atomic mass is 35.5. The standard InChI is InChI=1S/C14H13ClN6/c1-10-5-3-6-11(9-10)20(2)13-17-12(15)18-14(19-13)21-8-4-7-16-21/h3-9H,1-2H3. The summed E-state index contributed by atoms with van der Waals surface area (Å²) in [5, 5.41) is 4.23. The van der Waals surface area contributed by atoms with E-state index >= 15 is 0 Å². The number of aryl methyl sites for hydroxylation is 1. The monoisotopic (exact) mass is 300 g/mol. The molecule has 0 aliphatic carbocycles. The van der Waals surface area contributed by atoms with E-state index in [1.165, 1.54) is 0 Å². The summed E-state index contributed by atoms with van der Waals surface area (Å²) in [5.41, 5.74) is 2.13. The SMILES string of the molecule is Cc1cccc(N(C)c2nc(Cl)nc(-n3cccn3)n2)c1. The molecule has 7 heteroatoms. The number of anilines is 2. The molecule has 0 aliphatic rings. The van der Waals surface area contributed by atoms with Gasteiger partial charge >= 0.3 is 0 Å². The topological polar surface area (TPSA) is 59.7 Å². The highest BCUT2D eigenvalue weighted by molar-refractivity contribution is 6.28. The Kier molecular flexibility index (Phi) is 3.53. The molecule has 0 radical (unpaired) electrons. The van der Waals surface area contributed by atoms with Gasteiger partial charge in [-0.1, -0.05) is 12.1 Å². The zero-order chi connectivity index (χ0) is 14.8. The molecule has 21 heavy (non-hydrogen) atoms. The minimum Gasteiger partial charge on any atom is -0.313 e. The molecule has 0 amide bonds. The molecule has 6 nitrogen and oxygen atoms in total. The van der Waals surface area contributed by atoms with Crippen LogP contribution in [0, 0.1) is 6.92 Å². The number of rotatable bonds is 3. The second-order valence-corrected chi connectivity index (χ2v) is 4.89. The molecule has 106 valence electrons. The predicted molar refractivity (Wildman–Crippen MR) is 81.2 cm³/mol. The first-order valence-electron chi connectivity index (χ1n) is 6.35. The lowest BCUT2D eigenvalue weighted by molar-refractivity contribution is 0.791. The third-order valence-corrected chi connectivity index (χ3v) is 3.15. The molecule has 0 atom stereocenters. The van der Waals surface area contributed by atoms with E-state index in [-0.39, 0.29) is 5.28 Å². The molecule has 1 aromatic carbocycles. The van der Waals surface area contributed by atoms with Crippen molar-refractivity contribution < 1.29 is 0 Å². The van der Waals surface area contributed by atoms with Crippen molar-refractivity contribution in [3.8, 4) is 5.95 Å². The van der Waals surface area contributed by atoms with Crippen molar-refractivity contribution in [3.05, 3.63) is 53.6 Å². The highest BCUT2D eigenvalue weighted by Gasteiger charge is 2.12. The van der Waals surface area contributed by atoms with Crippen molar-refractivity contribution in [3.63, 3.8) is 0 Å². The van der Waals surface area contributed by atoms with E-state index in [0.29, 0.717) is 11.9 Å². The molecule has 3 rings (SSSR count). The fourth-order valence-corrected chi connectivity index (χ4v) is 2.07. The maximum atomic E-state index is 6.00. The van der Waals surface area contributed by atoms with Crippen molar-refractivity contribution in [2.24, 2.45) is 0 Å². The Morgan fingerprint density at radius 3 is 2.71 bits per heavy atom. The minimum atomic E-state index is 0.130. The minimum absolute atomic E-state index is 0.130. The van der Waals surface area contributed by atoms with E-state index in [9.17, 15) is 0 Å². The van der Waals surface area contributed by atoms with E-state index < -0.39 is 0 Å². The maximum absolute atomic E-state index is 6.00. The first kappa shape index (κ1) is 13.5. The van der Waals surface area contributed by atoms with Crippen LogP contribution in [0.2, 0.25) is 5.28 Å². The fourth-order valence-electron chi connectivity index (χ4n) is 1.92. The van der Waals surface area contributed by atoms with Crippen LogP contribution in [-0.4, -0.2) is 31.8 Å². The van der Waals surface area contributed by atoms with E-state index in [0.717, 1.165) is 11.3 Å². The normalized spacial score (nSPS) is 10.6. The Labute approximate surface area is 127 Å². The van der Waals surface area contributed by atoms with Gasteiger partial charge in [0.15, 0.2) is 0 Å². The summed E-state index contributed by atoms with van der Waals surface area (Å²) in [4.78, 5) is 14.5. The number of hydrogen-bond donors (Lipinski definition) is 0. The van der Waals surface area contributed by atoms with Gasteiger partial charge in [0.05, 0.1) is 0 Å². The zero-order valence-electron chi connectivity index (χ0n) is 11.6. The van der Waals surface area contributed by atoms with E-state index in [1.807, 2.05) is 43.1 Å². The molecule has 0 aliphatic heterocycles. The molecule has 0 unspecified atom stereocenters. The van der Waals surface area contributed by atoms with Crippen molar-refractivity contribution >= 4 is 23.2 Å². The fraction of sp³-hybridized carbons (Fsp3) is 0.143. The third-order valence-electron chi connectivity index (χ3n) is 2.98. The van der Waals surface area contributed by atoms with Crippen LogP contribution < -0.4 is 4.90 Å².